The molecule has 0 bridgehead atoms. The van der Waals surface area contributed by atoms with Crippen LogP contribution in [-0.4, -0.2) is 11.6 Å². The number of hydrogen-bond donors (Lipinski definition) is 0. The summed E-state index contributed by atoms with van der Waals surface area (Å²) in [5.74, 6) is -12.3. The average Bonchev–Trinajstić information content (AvgIpc) is 2.61. The van der Waals surface area contributed by atoms with Gasteiger partial charge in [-0.25, -0.2) is 17.6 Å². The van der Waals surface area contributed by atoms with E-state index in [1.165, 1.54) is 0 Å². The van der Waals surface area contributed by atoms with E-state index in [-0.39, 0.29) is 12.0 Å². The van der Waals surface area contributed by atoms with Crippen molar-refractivity contribution in [2.75, 3.05) is 0 Å². The number of alkyl halides is 6. The van der Waals surface area contributed by atoms with E-state index in [9.17, 15) is 53.5 Å². The molecule has 2 rings (SSSR count). The van der Waals surface area contributed by atoms with Crippen LogP contribution in [0.15, 0.2) is 18.2 Å². The molecular formula is C20H12F10O2. The summed E-state index contributed by atoms with van der Waals surface area (Å²) in [4.78, 5) is 23.4. The summed E-state index contributed by atoms with van der Waals surface area (Å²) in [7, 11) is 0. The summed E-state index contributed by atoms with van der Waals surface area (Å²) >= 11 is 0. The van der Waals surface area contributed by atoms with E-state index in [0.29, 0.717) is 6.07 Å². The van der Waals surface area contributed by atoms with Gasteiger partial charge in [0.2, 0.25) is 0 Å². The molecule has 0 radical (unpaired) electrons. The van der Waals surface area contributed by atoms with Crippen molar-refractivity contribution in [3.8, 4) is 0 Å². The SMILES string of the molecule is CC(=O)Cc1ccc(C(F)(F)F)c(CC(=O)Cc2c(F)c(F)c(C(F)(F)F)c(F)c2F)c1. The average molecular weight is 474 g/mol. The molecule has 0 heterocycles. The highest BCUT2D eigenvalue weighted by Crippen LogP contribution is 2.37. The van der Waals surface area contributed by atoms with E-state index >= 15 is 0 Å². The standard InChI is InChI=1S/C20H12F10O2/c1-8(31)4-9-2-3-13(19(25,26)27)10(5-9)6-11(32)7-12-15(21)17(23)14(20(28,29)30)18(24)16(12)22/h2-3,5H,4,6-7H2,1H3. The second kappa shape index (κ2) is 8.91. The van der Waals surface area contributed by atoms with E-state index < -0.39 is 82.3 Å². The van der Waals surface area contributed by atoms with E-state index in [1.807, 2.05) is 0 Å². The van der Waals surface area contributed by atoms with E-state index in [4.69, 9.17) is 0 Å². The third-order valence-corrected chi connectivity index (χ3v) is 4.33. The van der Waals surface area contributed by atoms with Crippen molar-refractivity contribution in [1.82, 2.24) is 0 Å². The Hall–Kier alpha value is -2.92. The molecule has 0 aliphatic heterocycles. The number of benzene rings is 2. The van der Waals surface area contributed by atoms with Gasteiger partial charge in [-0.15, -0.1) is 0 Å². The first-order valence-electron chi connectivity index (χ1n) is 8.66. The lowest BCUT2D eigenvalue weighted by atomic mass is 9.94. The van der Waals surface area contributed by atoms with Crippen LogP contribution in [-0.2, 0) is 41.2 Å². The fraction of sp³-hybridized carbons (Fsp3) is 0.300. The van der Waals surface area contributed by atoms with Gasteiger partial charge in [0.05, 0.1) is 5.56 Å². The first-order chi connectivity index (χ1) is 14.5. The van der Waals surface area contributed by atoms with Crippen molar-refractivity contribution in [2.45, 2.75) is 38.5 Å². The summed E-state index contributed by atoms with van der Waals surface area (Å²) in [5, 5.41) is 0. The zero-order chi connectivity index (χ0) is 24.6. The Morgan fingerprint density at radius 2 is 1.28 bits per heavy atom. The highest BCUT2D eigenvalue weighted by molar-refractivity contribution is 5.84. The van der Waals surface area contributed by atoms with E-state index in [1.54, 1.807) is 0 Å². The molecule has 174 valence electrons. The zero-order valence-electron chi connectivity index (χ0n) is 15.9. The third kappa shape index (κ3) is 5.46. The zero-order valence-corrected chi connectivity index (χ0v) is 15.9. The monoisotopic (exact) mass is 474 g/mol. The number of rotatable bonds is 6. The van der Waals surface area contributed by atoms with E-state index in [0.717, 1.165) is 19.1 Å². The van der Waals surface area contributed by atoms with Crippen LogP contribution in [0.3, 0.4) is 0 Å². The topological polar surface area (TPSA) is 34.1 Å². The minimum Gasteiger partial charge on any atom is -0.300 e. The second-order valence-electron chi connectivity index (χ2n) is 6.87. The summed E-state index contributed by atoms with van der Waals surface area (Å²) < 4.78 is 133. The maximum atomic E-state index is 14.0. The fourth-order valence-corrected chi connectivity index (χ4v) is 3.02. The quantitative estimate of drug-likeness (QED) is 0.394. The number of ketones is 2. The summed E-state index contributed by atoms with van der Waals surface area (Å²) in [6.07, 6.45) is -13.6. The molecule has 2 aromatic carbocycles. The van der Waals surface area contributed by atoms with Gasteiger partial charge in [0.15, 0.2) is 23.3 Å². The Labute approximate surface area is 173 Å². The van der Waals surface area contributed by atoms with Crippen molar-refractivity contribution in [2.24, 2.45) is 0 Å². The predicted octanol–water partition coefficient (Wildman–Crippen LogP) is 5.77. The van der Waals surface area contributed by atoms with Crippen LogP contribution in [0, 0.1) is 23.3 Å². The summed E-state index contributed by atoms with van der Waals surface area (Å²) in [5.41, 5.74) is -6.41. The number of carbonyl (C=O) groups excluding carboxylic acids is 2. The molecule has 0 saturated heterocycles. The maximum Gasteiger partial charge on any atom is 0.422 e. The van der Waals surface area contributed by atoms with Gasteiger partial charge in [0.1, 0.15) is 17.1 Å². The number of Topliss-reactive ketones (excluding diaryl/α,β-unsaturated/α-hetero) is 2. The molecule has 0 spiro atoms. The predicted molar refractivity (Wildman–Crippen MR) is 89.5 cm³/mol. The number of halogens is 10. The van der Waals surface area contributed by atoms with Crippen molar-refractivity contribution >= 4 is 11.6 Å². The van der Waals surface area contributed by atoms with Crippen LogP contribution in [0.4, 0.5) is 43.9 Å². The van der Waals surface area contributed by atoms with Gasteiger partial charge in [-0.05, 0) is 24.1 Å². The van der Waals surface area contributed by atoms with Gasteiger partial charge in [-0.1, -0.05) is 12.1 Å². The van der Waals surface area contributed by atoms with Crippen LogP contribution in [0.1, 0.15) is 34.7 Å². The molecule has 0 aromatic heterocycles. The smallest absolute Gasteiger partial charge is 0.300 e. The molecule has 0 aliphatic rings. The van der Waals surface area contributed by atoms with Crippen LogP contribution in [0.2, 0.25) is 0 Å². The fourth-order valence-electron chi connectivity index (χ4n) is 3.02. The van der Waals surface area contributed by atoms with Gasteiger partial charge in [-0.3, -0.25) is 9.59 Å². The van der Waals surface area contributed by atoms with Crippen molar-refractivity contribution < 1.29 is 53.5 Å². The van der Waals surface area contributed by atoms with Crippen molar-refractivity contribution in [3.63, 3.8) is 0 Å². The van der Waals surface area contributed by atoms with Crippen LogP contribution < -0.4 is 0 Å². The van der Waals surface area contributed by atoms with Crippen molar-refractivity contribution in [1.29, 1.82) is 0 Å². The third-order valence-electron chi connectivity index (χ3n) is 4.33. The van der Waals surface area contributed by atoms with E-state index in [2.05, 4.69) is 0 Å². The largest absolute Gasteiger partial charge is 0.422 e. The highest BCUT2D eigenvalue weighted by atomic mass is 19.4. The molecule has 0 amide bonds. The minimum absolute atomic E-state index is 0.0947. The number of carbonyl (C=O) groups is 2. The molecule has 32 heavy (non-hydrogen) atoms. The Morgan fingerprint density at radius 1 is 0.750 bits per heavy atom. The van der Waals surface area contributed by atoms with Gasteiger partial charge >= 0.3 is 12.4 Å². The molecule has 2 aromatic rings. The lowest BCUT2D eigenvalue weighted by molar-refractivity contribution is -0.143. The molecule has 0 saturated carbocycles. The molecule has 0 atom stereocenters. The Balaban J connectivity index is 2.44. The molecule has 0 N–H and O–H groups in total. The van der Waals surface area contributed by atoms with Crippen LogP contribution in [0.5, 0.6) is 0 Å². The van der Waals surface area contributed by atoms with Crippen LogP contribution >= 0.6 is 0 Å². The highest BCUT2D eigenvalue weighted by Gasteiger charge is 2.42. The molecular weight excluding hydrogens is 462 g/mol. The minimum atomic E-state index is -5.78. The molecule has 12 heteroatoms. The lowest BCUT2D eigenvalue weighted by Crippen LogP contribution is -2.20. The molecule has 0 unspecified atom stereocenters. The summed E-state index contributed by atoms with van der Waals surface area (Å²) in [6.45, 7) is 1.15. The Bertz CT molecular complexity index is 1040. The molecule has 0 aliphatic carbocycles. The first kappa shape index (κ1) is 25.3. The molecule has 0 fully saturated rings. The molecule has 2 nitrogen and oxygen atoms in total. The summed E-state index contributed by atoms with van der Waals surface area (Å²) in [6, 6.07) is 2.43. The van der Waals surface area contributed by atoms with Gasteiger partial charge in [-0.2, -0.15) is 26.3 Å². The second-order valence-corrected chi connectivity index (χ2v) is 6.87. The maximum absolute atomic E-state index is 14.0. The Kier molecular flexibility index (Phi) is 7.05. The normalized spacial score (nSPS) is 12.2. The Morgan fingerprint density at radius 3 is 1.72 bits per heavy atom. The van der Waals surface area contributed by atoms with Gasteiger partial charge < -0.3 is 0 Å². The first-order valence-corrected chi connectivity index (χ1v) is 8.66. The van der Waals surface area contributed by atoms with Crippen molar-refractivity contribution in [3.05, 3.63) is 69.3 Å². The van der Waals surface area contributed by atoms with Gasteiger partial charge in [0.25, 0.3) is 0 Å². The number of hydrogen-bond acceptors (Lipinski definition) is 2. The van der Waals surface area contributed by atoms with Gasteiger partial charge in [0, 0.05) is 24.8 Å². The van der Waals surface area contributed by atoms with Crippen LogP contribution in [0.25, 0.3) is 0 Å². The lowest BCUT2D eigenvalue weighted by Gasteiger charge is -2.15.